The molecule has 0 amide bonds. The molecule has 7 nitrogen and oxygen atoms in total. The van der Waals surface area contributed by atoms with Crippen molar-refractivity contribution in [3.63, 3.8) is 0 Å². The SMILES string of the molecule is COc1cccc2c1C=C(CC1CN3OC(=O)/C=C/C(=O)OC3=N1)CC2. The second-order valence-electron chi connectivity index (χ2n) is 6.33. The molecule has 1 aliphatic carbocycles. The van der Waals surface area contributed by atoms with Gasteiger partial charge in [-0.2, -0.15) is 5.06 Å². The van der Waals surface area contributed by atoms with Crippen molar-refractivity contribution in [3.8, 4) is 5.75 Å². The predicted octanol–water partition coefficient (Wildman–Crippen LogP) is 2.03. The third-order valence-corrected chi connectivity index (χ3v) is 4.57. The van der Waals surface area contributed by atoms with Crippen molar-refractivity contribution < 1.29 is 23.9 Å². The molecule has 0 radical (unpaired) electrons. The van der Waals surface area contributed by atoms with E-state index in [1.165, 1.54) is 16.2 Å². The highest BCUT2D eigenvalue weighted by molar-refractivity contribution is 5.99. The fourth-order valence-electron chi connectivity index (χ4n) is 3.38. The first-order valence-electron chi connectivity index (χ1n) is 8.45. The van der Waals surface area contributed by atoms with Crippen LogP contribution in [0.15, 0.2) is 40.9 Å². The molecule has 3 aliphatic rings. The number of amidine groups is 1. The fraction of sp³-hybridized carbons (Fsp3) is 0.316. The molecule has 134 valence electrons. The number of carbonyl (C=O) groups excluding carboxylic acids is 2. The average molecular weight is 354 g/mol. The summed E-state index contributed by atoms with van der Waals surface area (Å²) in [6.07, 6.45) is 6.79. The van der Waals surface area contributed by atoms with Crippen LogP contribution >= 0.6 is 0 Å². The Labute approximate surface area is 150 Å². The Balaban J connectivity index is 1.52. The van der Waals surface area contributed by atoms with Gasteiger partial charge in [0.25, 0.3) is 0 Å². The summed E-state index contributed by atoms with van der Waals surface area (Å²) in [6, 6.07) is 5.95. The first kappa shape index (κ1) is 16.4. The smallest absolute Gasteiger partial charge is 0.356 e. The van der Waals surface area contributed by atoms with Gasteiger partial charge >= 0.3 is 18.0 Å². The topological polar surface area (TPSA) is 77.4 Å². The molecule has 0 bridgehead atoms. The number of hydrogen-bond donors (Lipinski definition) is 0. The van der Waals surface area contributed by atoms with Gasteiger partial charge in [0.15, 0.2) is 0 Å². The molecule has 2 heterocycles. The Bertz CT molecular complexity index is 855. The molecular weight excluding hydrogens is 336 g/mol. The number of benzene rings is 1. The molecule has 1 aromatic carbocycles. The Hall–Kier alpha value is -3.09. The highest BCUT2D eigenvalue weighted by atomic mass is 16.7. The van der Waals surface area contributed by atoms with Gasteiger partial charge in [0.1, 0.15) is 5.75 Å². The van der Waals surface area contributed by atoms with E-state index in [0.29, 0.717) is 13.0 Å². The number of carbonyl (C=O) groups is 2. The number of fused-ring (bicyclic) bond motifs is 2. The maximum absolute atomic E-state index is 11.6. The van der Waals surface area contributed by atoms with Crippen LogP contribution in [0.1, 0.15) is 24.0 Å². The van der Waals surface area contributed by atoms with E-state index in [1.807, 2.05) is 12.1 Å². The van der Waals surface area contributed by atoms with E-state index in [9.17, 15) is 9.59 Å². The van der Waals surface area contributed by atoms with Crippen molar-refractivity contribution >= 4 is 24.0 Å². The first-order valence-corrected chi connectivity index (χ1v) is 8.45. The largest absolute Gasteiger partial charge is 0.496 e. The summed E-state index contributed by atoms with van der Waals surface area (Å²) in [7, 11) is 1.67. The van der Waals surface area contributed by atoms with Crippen LogP contribution in [-0.4, -0.2) is 42.7 Å². The highest BCUT2D eigenvalue weighted by Gasteiger charge is 2.33. The second-order valence-corrected chi connectivity index (χ2v) is 6.33. The van der Waals surface area contributed by atoms with Crippen LogP contribution in [0, 0.1) is 0 Å². The average Bonchev–Trinajstić information content (AvgIpc) is 2.98. The molecule has 0 saturated heterocycles. The lowest BCUT2D eigenvalue weighted by Crippen LogP contribution is -2.35. The third kappa shape index (κ3) is 3.20. The highest BCUT2D eigenvalue weighted by Crippen LogP contribution is 2.33. The van der Waals surface area contributed by atoms with Crippen molar-refractivity contribution in [2.24, 2.45) is 4.99 Å². The molecular formula is C19H18N2O5. The van der Waals surface area contributed by atoms with Gasteiger partial charge in [-0.15, -0.1) is 0 Å². The Morgan fingerprint density at radius 1 is 1.23 bits per heavy atom. The van der Waals surface area contributed by atoms with E-state index in [-0.39, 0.29) is 12.1 Å². The standard InChI is InChI=1S/C19H18N2O5/c1-24-16-4-2-3-13-6-5-12(10-15(13)16)9-14-11-21-19(20-14)25-17(22)7-8-18(23)26-21/h2-4,7-8,10,14H,5-6,9,11H2,1H3/b8-7+. The van der Waals surface area contributed by atoms with Gasteiger partial charge in [-0.3, -0.25) is 0 Å². The van der Waals surface area contributed by atoms with E-state index in [4.69, 9.17) is 14.3 Å². The maximum Gasteiger partial charge on any atom is 0.356 e. The van der Waals surface area contributed by atoms with E-state index in [0.717, 1.165) is 36.3 Å². The quantitative estimate of drug-likeness (QED) is 0.773. The minimum Gasteiger partial charge on any atom is -0.496 e. The number of ether oxygens (including phenoxy) is 2. The number of esters is 1. The van der Waals surface area contributed by atoms with Crippen LogP contribution in [0.2, 0.25) is 0 Å². The second kappa shape index (κ2) is 6.67. The lowest BCUT2D eigenvalue weighted by molar-refractivity contribution is -0.171. The number of methoxy groups -OCH3 is 1. The minimum atomic E-state index is -0.637. The normalized spacial score (nSPS) is 22.8. The van der Waals surface area contributed by atoms with Gasteiger partial charge in [-0.05, 0) is 30.9 Å². The number of rotatable bonds is 3. The molecule has 0 aromatic heterocycles. The van der Waals surface area contributed by atoms with E-state index in [1.54, 1.807) is 7.11 Å². The molecule has 1 atom stereocenters. The van der Waals surface area contributed by atoms with Gasteiger partial charge in [0.2, 0.25) is 0 Å². The molecule has 0 saturated carbocycles. The van der Waals surface area contributed by atoms with Crippen LogP contribution in [0.3, 0.4) is 0 Å². The molecule has 0 N–H and O–H groups in total. The summed E-state index contributed by atoms with van der Waals surface area (Å²) in [6.45, 7) is 0.359. The van der Waals surface area contributed by atoms with Gasteiger partial charge < -0.3 is 14.3 Å². The summed E-state index contributed by atoms with van der Waals surface area (Å²) < 4.78 is 10.6. The fourth-order valence-corrected chi connectivity index (χ4v) is 3.38. The molecule has 26 heavy (non-hydrogen) atoms. The van der Waals surface area contributed by atoms with Crippen molar-refractivity contribution in [2.45, 2.75) is 25.3 Å². The summed E-state index contributed by atoms with van der Waals surface area (Å²) in [4.78, 5) is 32.7. The minimum absolute atomic E-state index is 0.0343. The number of aryl methyl sites for hydroxylation is 1. The zero-order chi connectivity index (χ0) is 18.1. The van der Waals surface area contributed by atoms with Crippen molar-refractivity contribution in [3.05, 3.63) is 47.1 Å². The summed E-state index contributed by atoms with van der Waals surface area (Å²) in [5.74, 6) is -0.399. The monoisotopic (exact) mass is 354 g/mol. The van der Waals surface area contributed by atoms with Gasteiger partial charge in [-0.25, -0.2) is 14.6 Å². The van der Waals surface area contributed by atoms with Crippen LogP contribution in [0.5, 0.6) is 5.75 Å². The van der Waals surface area contributed by atoms with Gasteiger partial charge in [-0.1, -0.05) is 23.8 Å². The first-order chi connectivity index (χ1) is 12.6. The van der Waals surface area contributed by atoms with E-state index >= 15 is 0 Å². The van der Waals surface area contributed by atoms with Crippen LogP contribution in [-0.2, 0) is 25.6 Å². The summed E-state index contributed by atoms with van der Waals surface area (Å²) in [5, 5.41) is 1.24. The van der Waals surface area contributed by atoms with Crippen molar-refractivity contribution in [2.75, 3.05) is 13.7 Å². The number of hydrogen-bond acceptors (Lipinski definition) is 7. The molecule has 0 fully saturated rings. The lowest BCUT2D eigenvalue weighted by Gasteiger charge is -2.21. The maximum atomic E-state index is 11.6. The van der Waals surface area contributed by atoms with Gasteiger partial charge in [0, 0.05) is 17.7 Å². The summed E-state index contributed by atoms with van der Waals surface area (Å²) >= 11 is 0. The molecule has 1 unspecified atom stereocenters. The third-order valence-electron chi connectivity index (χ3n) is 4.57. The molecule has 0 spiro atoms. The van der Waals surface area contributed by atoms with Gasteiger partial charge in [0.05, 0.1) is 19.7 Å². The Morgan fingerprint density at radius 3 is 2.92 bits per heavy atom. The zero-order valence-electron chi connectivity index (χ0n) is 14.3. The number of hydroxylamine groups is 2. The summed E-state index contributed by atoms with van der Waals surface area (Å²) in [5.41, 5.74) is 3.61. The van der Waals surface area contributed by atoms with Crippen LogP contribution in [0.4, 0.5) is 0 Å². The zero-order valence-corrected chi connectivity index (χ0v) is 14.3. The Kier molecular flexibility index (Phi) is 4.20. The molecule has 7 heteroatoms. The predicted molar refractivity (Wildman–Crippen MR) is 93.2 cm³/mol. The van der Waals surface area contributed by atoms with Crippen molar-refractivity contribution in [1.82, 2.24) is 5.06 Å². The van der Waals surface area contributed by atoms with E-state index < -0.39 is 11.9 Å². The van der Waals surface area contributed by atoms with Crippen LogP contribution < -0.4 is 4.74 Å². The molecule has 4 rings (SSSR count). The molecule has 2 aliphatic heterocycles. The Morgan fingerprint density at radius 2 is 2.08 bits per heavy atom. The number of aliphatic imine (C=N–C) groups is 1. The van der Waals surface area contributed by atoms with E-state index in [2.05, 4.69) is 17.1 Å². The molecule has 1 aromatic rings. The van der Waals surface area contributed by atoms with Crippen molar-refractivity contribution in [1.29, 1.82) is 0 Å². The lowest BCUT2D eigenvalue weighted by atomic mass is 9.89. The van der Waals surface area contributed by atoms with Crippen LogP contribution in [0.25, 0.3) is 6.08 Å². The number of nitrogens with zero attached hydrogens (tertiary/aromatic N) is 2.